The van der Waals surface area contributed by atoms with E-state index in [1.54, 1.807) is 19.2 Å². The molecule has 0 unspecified atom stereocenters. The maximum atomic E-state index is 8.94. The Morgan fingerprint density at radius 2 is 2.00 bits per heavy atom. The van der Waals surface area contributed by atoms with E-state index < -0.39 is 0 Å². The fourth-order valence-corrected chi connectivity index (χ4v) is 1.86. The van der Waals surface area contributed by atoms with E-state index in [2.05, 4.69) is 6.07 Å². The van der Waals surface area contributed by atoms with E-state index in [1.807, 2.05) is 31.2 Å². The van der Waals surface area contributed by atoms with Gasteiger partial charge < -0.3 is 15.2 Å². The van der Waals surface area contributed by atoms with Crippen molar-refractivity contribution < 1.29 is 9.47 Å². The first-order chi connectivity index (χ1) is 9.65. The molecule has 4 nitrogen and oxygen atoms in total. The summed E-state index contributed by atoms with van der Waals surface area (Å²) in [5.74, 6) is 1.21. The van der Waals surface area contributed by atoms with Crippen LogP contribution in [0.3, 0.4) is 0 Å². The molecule has 0 fully saturated rings. The molecule has 0 bridgehead atoms. The highest BCUT2D eigenvalue weighted by atomic mass is 16.5. The molecule has 102 valence electrons. The second-order valence-corrected chi connectivity index (χ2v) is 4.42. The number of rotatable bonds is 4. The highest BCUT2D eigenvalue weighted by Gasteiger charge is 2.06. The lowest BCUT2D eigenvalue weighted by Gasteiger charge is -2.11. The van der Waals surface area contributed by atoms with Crippen LogP contribution in [0.5, 0.6) is 11.5 Å². The van der Waals surface area contributed by atoms with Crippen LogP contribution in [0, 0.1) is 18.3 Å². The average molecular weight is 268 g/mol. The lowest BCUT2D eigenvalue weighted by molar-refractivity contribution is 0.306. The molecule has 0 atom stereocenters. The van der Waals surface area contributed by atoms with Crippen LogP contribution in [0.15, 0.2) is 36.4 Å². The van der Waals surface area contributed by atoms with Gasteiger partial charge >= 0.3 is 0 Å². The molecule has 2 rings (SSSR count). The van der Waals surface area contributed by atoms with Crippen LogP contribution in [0.1, 0.15) is 16.7 Å². The molecule has 0 aromatic heterocycles. The summed E-state index contributed by atoms with van der Waals surface area (Å²) in [7, 11) is 1.54. The lowest BCUT2D eigenvalue weighted by atomic mass is 10.1. The van der Waals surface area contributed by atoms with E-state index >= 15 is 0 Å². The normalized spacial score (nSPS) is 9.85. The zero-order valence-electron chi connectivity index (χ0n) is 11.5. The Labute approximate surface area is 118 Å². The molecule has 20 heavy (non-hydrogen) atoms. The number of hydrogen-bond donors (Lipinski definition) is 1. The minimum atomic E-state index is 0.371. The number of nitriles is 1. The second kappa shape index (κ2) is 5.98. The fourth-order valence-electron chi connectivity index (χ4n) is 1.86. The van der Waals surface area contributed by atoms with Crippen LogP contribution >= 0.6 is 0 Å². The highest BCUT2D eigenvalue weighted by molar-refractivity contribution is 5.57. The maximum absolute atomic E-state index is 8.94. The van der Waals surface area contributed by atoms with Crippen molar-refractivity contribution in [1.82, 2.24) is 0 Å². The van der Waals surface area contributed by atoms with Gasteiger partial charge in [0, 0.05) is 0 Å². The summed E-state index contributed by atoms with van der Waals surface area (Å²) in [6, 6.07) is 13.1. The van der Waals surface area contributed by atoms with Gasteiger partial charge in [0.1, 0.15) is 24.2 Å². The molecule has 4 heteroatoms. The standard InChI is InChI=1S/C16H16N2O2/c1-11-4-3-5-14(16(11)18)20-10-12-6-7-13(9-17)15(8-12)19-2/h3-8H,10,18H2,1-2H3. The predicted octanol–water partition coefficient (Wildman–Crippen LogP) is 3.04. The van der Waals surface area contributed by atoms with Crippen LogP contribution in [0.25, 0.3) is 0 Å². The van der Waals surface area contributed by atoms with E-state index in [-0.39, 0.29) is 0 Å². The van der Waals surface area contributed by atoms with Gasteiger partial charge in [-0.05, 0) is 36.2 Å². The van der Waals surface area contributed by atoms with Gasteiger partial charge in [-0.25, -0.2) is 0 Å². The largest absolute Gasteiger partial charge is 0.495 e. The summed E-state index contributed by atoms with van der Waals surface area (Å²) in [6.07, 6.45) is 0. The van der Waals surface area contributed by atoms with E-state index in [4.69, 9.17) is 20.5 Å². The summed E-state index contributed by atoms with van der Waals surface area (Å²) in [4.78, 5) is 0. The van der Waals surface area contributed by atoms with Crippen LogP contribution < -0.4 is 15.2 Å². The predicted molar refractivity (Wildman–Crippen MR) is 77.6 cm³/mol. The number of aryl methyl sites for hydroxylation is 1. The molecule has 0 heterocycles. The number of nitrogens with zero attached hydrogens (tertiary/aromatic N) is 1. The molecule has 2 aromatic rings. The molecule has 0 aliphatic rings. The molecule has 0 saturated heterocycles. The molecule has 0 aliphatic carbocycles. The van der Waals surface area contributed by atoms with Crippen molar-refractivity contribution in [3.63, 3.8) is 0 Å². The number of para-hydroxylation sites is 1. The Morgan fingerprint density at radius 3 is 2.70 bits per heavy atom. The Hall–Kier alpha value is -2.67. The number of nitrogens with two attached hydrogens (primary N) is 1. The molecule has 0 amide bonds. The summed E-state index contributed by atoms with van der Waals surface area (Å²) in [6.45, 7) is 2.31. The molecule has 0 saturated carbocycles. The molecular formula is C16H16N2O2. The van der Waals surface area contributed by atoms with Crippen molar-refractivity contribution in [3.8, 4) is 17.6 Å². The van der Waals surface area contributed by atoms with Gasteiger partial charge in [0.25, 0.3) is 0 Å². The van der Waals surface area contributed by atoms with E-state index in [0.717, 1.165) is 11.1 Å². The molecule has 0 spiro atoms. The van der Waals surface area contributed by atoms with Crippen molar-refractivity contribution >= 4 is 5.69 Å². The Balaban J connectivity index is 2.15. The number of ether oxygens (including phenoxy) is 2. The zero-order chi connectivity index (χ0) is 14.5. The van der Waals surface area contributed by atoms with Crippen molar-refractivity contribution in [2.24, 2.45) is 0 Å². The first kappa shape index (κ1) is 13.8. The van der Waals surface area contributed by atoms with Gasteiger partial charge in [-0.2, -0.15) is 5.26 Å². The van der Waals surface area contributed by atoms with Crippen LogP contribution in [-0.4, -0.2) is 7.11 Å². The fraction of sp³-hybridized carbons (Fsp3) is 0.188. The van der Waals surface area contributed by atoms with Gasteiger partial charge in [0.15, 0.2) is 0 Å². The van der Waals surface area contributed by atoms with Crippen molar-refractivity contribution in [1.29, 1.82) is 5.26 Å². The summed E-state index contributed by atoms with van der Waals surface area (Å²) in [5.41, 5.74) is 9.01. The molecule has 0 radical (unpaired) electrons. The number of methoxy groups -OCH3 is 1. The monoisotopic (exact) mass is 268 g/mol. The molecule has 0 aliphatic heterocycles. The number of benzene rings is 2. The van der Waals surface area contributed by atoms with Gasteiger partial charge in [-0.3, -0.25) is 0 Å². The molecular weight excluding hydrogens is 252 g/mol. The number of hydrogen-bond acceptors (Lipinski definition) is 4. The third-order valence-electron chi connectivity index (χ3n) is 3.06. The molecule has 2 N–H and O–H groups in total. The van der Waals surface area contributed by atoms with Crippen LogP contribution in [-0.2, 0) is 6.61 Å². The van der Waals surface area contributed by atoms with E-state index in [0.29, 0.717) is 29.4 Å². The first-order valence-corrected chi connectivity index (χ1v) is 6.20. The lowest BCUT2D eigenvalue weighted by Crippen LogP contribution is -2.00. The maximum Gasteiger partial charge on any atom is 0.142 e. The van der Waals surface area contributed by atoms with Gasteiger partial charge in [0.2, 0.25) is 0 Å². The summed E-state index contributed by atoms with van der Waals surface area (Å²) in [5, 5.41) is 8.94. The first-order valence-electron chi connectivity index (χ1n) is 6.20. The minimum Gasteiger partial charge on any atom is -0.495 e. The third kappa shape index (κ3) is 2.83. The van der Waals surface area contributed by atoms with E-state index in [9.17, 15) is 0 Å². The van der Waals surface area contributed by atoms with Crippen LogP contribution in [0.4, 0.5) is 5.69 Å². The minimum absolute atomic E-state index is 0.371. The Bertz CT molecular complexity index is 660. The summed E-state index contributed by atoms with van der Waals surface area (Å²) < 4.78 is 10.9. The number of nitrogen functional groups attached to an aromatic ring is 1. The number of anilines is 1. The van der Waals surface area contributed by atoms with Crippen molar-refractivity contribution in [2.75, 3.05) is 12.8 Å². The van der Waals surface area contributed by atoms with Gasteiger partial charge in [0.05, 0.1) is 18.4 Å². The Morgan fingerprint density at radius 1 is 1.20 bits per heavy atom. The zero-order valence-corrected chi connectivity index (χ0v) is 11.5. The van der Waals surface area contributed by atoms with Gasteiger partial charge in [-0.1, -0.05) is 18.2 Å². The average Bonchev–Trinajstić information content (AvgIpc) is 2.48. The molecule has 2 aromatic carbocycles. The van der Waals surface area contributed by atoms with Gasteiger partial charge in [-0.15, -0.1) is 0 Å². The van der Waals surface area contributed by atoms with Crippen molar-refractivity contribution in [2.45, 2.75) is 13.5 Å². The smallest absolute Gasteiger partial charge is 0.142 e. The van der Waals surface area contributed by atoms with E-state index in [1.165, 1.54) is 0 Å². The van der Waals surface area contributed by atoms with Crippen molar-refractivity contribution in [3.05, 3.63) is 53.1 Å². The Kier molecular flexibility index (Phi) is 4.11. The summed E-state index contributed by atoms with van der Waals surface area (Å²) >= 11 is 0. The second-order valence-electron chi connectivity index (χ2n) is 4.42. The van der Waals surface area contributed by atoms with Crippen LogP contribution in [0.2, 0.25) is 0 Å². The SMILES string of the molecule is COc1cc(COc2cccc(C)c2N)ccc1C#N. The topological polar surface area (TPSA) is 68.3 Å². The highest BCUT2D eigenvalue weighted by Crippen LogP contribution is 2.26. The quantitative estimate of drug-likeness (QED) is 0.865. The third-order valence-corrected chi connectivity index (χ3v) is 3.06.